The molecule has 0 fully saturated rings. The first kappa shape index (κ1) is 10.4. The highest BCUT2D eigenvalue weighted by molar-refractivity contribution is 7.48. The Balaban J connectivity index is 2.32. The number of para-hydroxylation sites is 2. The van der Waals surface area contributed by atoms with Gasteiger partial charge in [0.25, 0.3) is 0 Å². The van der Waals surface area contributed by atoms with Crippen molar-refractivity contribution in [1.29, 1.82) is 0 Å². The lowest BCUT2D eigenvalue weighted by atomic mass is 10.0. The van der Waals surface area contributed by atoms with Crippen LogP contribution in [0.15, 0.2) is 48.5 Å². The maximum absolute atomic E-state index is 11.7. The van der Waals surface area contributed by atoms with Crippen molar-refractivity contribution < 1.29 is 18.5 Å². The molecule has 1 aliphatic heterocycles. The summed E-state index contributed by atoms with van der Waals surface area (Å²) < 4.78 is 21.7. The highest BCUT2D eigenvalue weighted by atomic mass is 31.2. The maximum Gasteiger partial charge on any atom is 0.584 e. The highest BCUT2D eigenvalue weighted by Crippen LogP contribution is 2.53. The van der Waals surface area contributed by atoms with Gasteiger partial charge >= 0.3 is 7.82 Å². The molecule has 0 radical (unpaired) electrons. The highest BCUT2D eigenvalue weighted by Gasteiger charge is 2.31. The zero-order valence-corrected chi connectivity index (χ0v) is 9.63. The molecule has 0 aliphatic carbocycles. The van der Waals surface area contributed by atoms with Gasteiger partial charge in [0.2, 0.25) is 0 Å². The summed E-state index contributed by atoms with van der Waals surface area (Å²) in [6, 6.07) is 14.1. The van der Waals surface area contributed by atoms with Gasteiger partial charge in [0.15, 0.2) is 0 Å². The Labute approximate surface area is 98.1 Å². The van der Waals surface area contributed by atoms with E-state index in [9.17, 15) is 9.46 Å². The second-order valence-corrected chi connectivity index (χ2v) is 4.95. The van der Waals surface area contributed by atoms with Crippen molar-refractivity contribution in [3.05, 3.63) is 48.5 Å². The molecule has 3 rings (SSSR count). The quantitative estimate of drug-likeness (QED) is 0.727. The summed E-state index contributed by atoms with van der Waals surface area (Å²) in [5.41, 5.74) is 1.49. The molecule has 1 heterocycles. The SMILES string of the molecule is O=P1(O)Oc2ccccc2-c2ccccc2O1. The predicted octanol–water partition coefficient (Wildman–Crippen LogP) is 3.23. The lowest BCUT2D eigenvalue weighted by Crippen LogP contribution is -1.97. The van der Waals surface area contributed by atoms with Crippen molar-refractivity contribution in [2.45, 2.75) is 0 Å². The Hall–Kier alpha value is -1.77. The maximum atomic E-state index is 11.7. The van der Waals surface area contributed by atoms with E-state index >= 15 is 0 Å². The molecule has 0 amide bonds. The Morgan fingerprint density at radius 1 is 0.824 bits per heavy atom. The normalized spacial score (nSPS) is 15.8. The molecule has 0 bridgehead atoms. The van der Waals surface area contributed by atoms with E-state index < -0.39 is 7.82 Å². The van der Waals surface area contributed by atoms with Crippen molar-refractivity contribution >= 4 is 7.82 Å². The smallest absolute Gasteiger partial charge is 0.395 e. The van der Waals surface area contributed by atoms with E-state index in [1.165, 1.54) is 0 Å². The van der Waals surface area contributed by atoms with Crippen LogP contribution in [-0.2, 0) is 4.57 Å². The molecule has 86 valence electrons. The van der Waals surface area contributed by atoms with Crippen LogP contribution in [0.2, 0.25) is 0 Å². The molecule has 0 saturated carbocycles. The van der Waals surface area contributed by atoms with Crippen LogP contribution in [0.25, 0.3) is 11.1 Å². The fraction of sp³-hybridized carbons (Fsp3) is 0. The number of fused-ring (bicyclic) bond motifs is 3. The number of benzene rings is 2. The van der Waals surface area contributed by atoms with Crippen LogP contribution in [0.5, 0.6) is 11.5 Å². The third-order valence-corrected chi connectivity index (χ3v) is 3.35. The summed E-state index contributed by atoms with van der Waals surface area (Å²) in [5, 5.41) is 0. The van der Waals surface area contributed by atoms with Crippen LogP contribution in [0.4, 0.5) is 0 Å². The first-order valence-electron chi connectivity index (χ1n) is 5.06. The van der Waals surface area contributed by atoms with E-state index in [1.54, 1.807) is 24.3 Å². The molecule has 1 N–H and O–H groups in total. The second-order valence-electron chi connectivity index (χ2n) is 3.64. The van der Waals surface area contributed by atoms with E-state index in [-0.39, 0.29) is 0 Å². The third-order valence-electron chi connectivity index (χ3n) is 2.49. The Morgan fingerprint density at radius 2 is 1.24 bits per heavy atom. The molecular weight excluding hydrogens is 239 g/mol. The van der Waals surface area contributed by atoms with Gasteiger partial charge in [0.05, 0.1) is 0 Å². The van der Waals surface area contributed by atoms with Crippen molar-refractivity contribution in [1.82, 2.24) is 0 Å². The van der Waals surface area contributed by atoms with E-state index in [1.807, 2.05) is 24.3 Å². The van der Waals surface area contributed by atoms with Crippen molar-refractivity contribution in [3.63, 3.8) is 0 Å². The standard InChI is InChI=1S/C12H9O4P/c13-17(14)15-11-7-3-1-5-9(11)10-6-2-4-8-12(10)16-17/h1-8H,(H,13,14). The van der Waals surface area contributed by atoms with E-state index in [2.05, 4.69) is 0 Å². The molecule has 2 aromatic rings. The van der Waals surface area contributed by atoms with Gasteiger partial charge < -0.3 is 9.05 Å². The molecule has 0 atom stereocenters. The van der Waals surface area contributed by atoms with Crippen molar-refractivity contribution in [3.8, 4) is 22.6 Å². The van der Waals surface area contributed by atoms with Gasteiger partial charge in [-0.3, -0.25) is 4.89 Å². The summed E-state index contributed by atoms with van der Waals surface area (Å²) in [6.07, 6.45) is 0. The Kier molecular flexibility index (Phi) is 2.21. The minimum atomic E-state index is -4.09. The molecule has 1 aliphatic rings. The summed E-state index contributed by atoms with van der Waals surface area (Å²) in [5.74, 6) is 0.701. The fourth-order valence-corrected chi connectivity index (χ4v) is 2.66. The van der Waals surface area contributed by atoms with Gasteiger partial charge in [-0.05, 0) is 12.1 Å². The van der Waals surface area contributed by atoms with Gasteiger partial charge in [0, 0.05) is 11.1 Å². The fourth-order valence-electron chi connectivity index (χ4n) is 1.80. The van der Waals surface area contributed by atoms with Crippen LogP contribution in [0.3, 0.4) is 0 Å². The van der Waals surface area contributed by atoms with Crippen molar-refractivity contribution in [2.75, 3.05) is 0 Å². The topological polar surface area (TPSA) is 55.8 Å². The van der Waals surface area contributed by atoms with Crippen LogP contribution < -0.4 is 9.05 Å². The lowest BCUT2D eigenvalue weighted by molar-refractivity contribution is 0.294. The molecule has 4 nitrogen and oxygen atoms in total. The van der Waals surface area contributed by atoms with Gasteiger partial charge in [-0.25, -0.2) is 4.57 Å². The zero-order chi connectivity index (χ0) is 11.9. The van der Waals surface area contributed by atoms with Gasteiger partial charge in [-0.2, -0.15) is 0 Å². The van der Waals surface area contributed by atoms with E-state index in [4.69, 9.17) is 9.05 Å². The molecule has 5 heteroatoms. The lowest BCUT2D eigenvalue weighted by Gasteiger charge is -2.10. The Bertz CT molecular complexity index is 572. The van der Waals surface area contributed by atoms with E-state index in [0.717, 1.165) is 11.1 Å². The minimum absolute atomic E-state index is 0.350. The molecule has 0 unspecified atom stereocenters. The van der Waals surface area contributed by atoms with Crippen LogP contribution in [0, 0.1) is 0 Å². The molecule has 0 saturated heterocycles. The number of hydrogen-bond acceptors (Lipinski definition) is 3. The number of hydrogen-bond donors (Lipinski definition) is 1. The number of phosphoric acid groups is 1. The molecule has 2 aromatic carbocycles. The Morgan fingerprint density at radius 3 is 1.71 bits per heavy atom. The van der Waals surface area contributed by atoms with Crippen LogP contribution in [-0.4, -0.2) is 4.89 Å². The first-order valence-corrected chi connectivity index (χ1v) is 6.56. The number of rotatable bonds is 0. The average Bonchev–Trinajstić information content (AvgIpc) is 2.40. The van der Waals surface area contributed by atoms with Gasteiger partial charge in [-0.1, -0.05) is 36.4 Å². The molecular formula is C12H9O4P. The third kappa shape index (κ3) is 1.82. The minimum Gasteiger partial charge on any atom is -0.395 e. The summed E-state index contributed by atoms with van der Waals surface area (Å²) in [7, 11) is -4.09. The second kappa shape index (κ2) is 3.62. The average molecular weight is 248 g/mol. The summed E-state index contributed by atoms with van der Waals surface area (Å²) in [6.45, 7) is 0. The van der Waals surface area contributed by atoms with Gasteiger partial charge in [0.1, 0.15) is 11.5 Å². The van der Waals surface area contributed by atoms with Gasteiger partial charge in [-0.15, -0.1) is 0 Å². The van der Waals surface area contributed by atoms with E-state index in [0.29, 0.717) is 11.5 Å². The summed E-state index contributed by atoms with van der Waals surface area (Å²) in [4.78, 5) is 9.56. The monoisotopic (exact) mass is 248 g/mol. The molecule has 0 aromatic heterocycles. The number of phosphoric ester groups is 1. The van der Waals surface area contributed by atoms with Crippen LogP contribution >= 0.6 is 7.82 Å². The summed E-state index contributed by atoms with van der Waals surface area (Å²) >= 11 is 0. The molecule has 17 heavy (non-hydrogen) atoms. The zero-order valence-electron chi connectivity index (χ0n) is 8.74. The largest absolute Gasteiger partial charge is 0.584 e. The van der Waals surface area contributed by atoms with Crippen molar-refractivity contribution in [2.24, 2.45) is 0 Å². The first-order chi connectivity index (χ1) is 8.16. The predicted molar refractivity (Wildman–Crippen MR) is 63.0 cm³/mol. The molecule has 0 spiro atoms. The van der Waals surface area contributed by atoms with Crippen LogP contribution in [0.1, 0.15) is 0 Å².